The first-order valence-corrected chi connectivity index (χ1v) is 8.72. The second-order valence-corrected chi connectivity index (χ2v) is 6.36. The molecule has 27 heavy (non-hydrogen) atoms. The van der Waals surface area contributed by atoms with Gasteiger partial charge in [0.25, 0.3) is 5.91 Å². The Bertz CT molecular complexity index is 927. The van der Waals surface area contributed by atoms with Gasteiger partial charge >= 0.3 is 0 Å². The lowest BCUT2D eigenvalue weighted by atomic mass is 10.0. The summed E-state index contributed by atoms with van der Waals surface area (Å²) in [7, 11) is 0. The molecular weight excluding hydrogens is 338 g/mol. The van der Waals surface area contributed by atoms with Crippen LogP contribution in [0.25, 0.3) is 11.1 Å². The molecule has 0 unspecified atom stereocenters. The summed E-state index contributed by atoms with van der Waals surface area (Å²) in [5.41, 5.74) is 4.69. The first-order chi connectivity index (χ1) is 13.0. The number of ether oxygens (including phenoxy) is 1. The van der Waals surface area contributed by atoms with E-state index in [0.29, 0.717) is 17.0 Å². The number of benzene rings is 3. The van der Waals surface area contributed by atoms with Crippen molar-refractivity contribution in [1.82, 2.24) is 0 Å². The number of hydrogen-bond acceptors (Lipinski definition) is 3. The number of Topliss-reactive ketones (excluding diaryl/α,β-unsaturated/α-hetero) is 1. The van der Waals surface area contributed by atoms with Crippen LogP contribution < -0.4 is 10.1 Å². The van der Waals surface area contributed by atoms with E-state index in [0.717, 1.165) is 11.1 Å². The molecule has 3 aromatic carbocycles. The molecule has 0 saturated heterocycles. The second kappa shape index (κ2) is 8.32. The van der Waals surface area contributed by atoms with E-state index in [1.165, 1.54) is 12.5 Å². The van der Waals surface area contributed by atoms with E-state index in [4.69, 9.17) is 4.74 Å². The third-order valence-corrected chi connectivity index (χ3v) is 4.18. The maximum absolute atomic E-state index is 12.0. The van der Waals surface area contributed by atoms with Crippen LogP contribution in [-0.2, 0) is 4.79 Å². The van der Waals surface area contributed by atoms with Gasteiger partial charge in [-0.15, -0.1) is 0 Å². The molecule has 0 fully saturated rings. The van der Waals surface area contributed by atoms with E-state index in [2.05, 4.69) is 36.5 Å². The lowest BCUT2D eigenvalue weighted by molar-refractivity contribution is -0.118. The smallest absolute Gasteiger partial charge is 0.262 e. The molecular formula is C23H21NO3. The number of rotatable bonds is 6. The van der Waals surface area contributed by atoms with Crippen molar-refractivity contribution in [3.05, 3.63) is 83.9 Å². The summed E-state index contributed by atoms with van der Waals surface area (Å²) in [5, 5.41) is 2.75. The summed E-state index contributed by atoms with van der Waals surface area (Å²) in [4.78, 5) is 23.3. The van der Waals surface area contributed by atoms with E-state index < -0.39 is 0 Å². The van der Waals surface area contributed by atoms with Crippen molar-refractivity contribution in [3.63, 3.8) is 0 Å². The van der Waals surface area contributed by atoms with E-state index in [1.54, 1.807) is 24.3 Å². The Hall–Kier alpha value is -3.40. The Morgan fingerprint density at radius 3 is 1.93 bits per heavy atom. The quantitative estimate of drug-likeness (QED) is 0.638. The molecule has 0 aliphatic carbocycles. The minimum absolute atomic E-state index is 0.00899. The molecule has 0 heterocycles. The van der Waals surface area contributed by atoms with Crippen molar-refractivity contribution in [2.24, 2.45) is 0 Å². The van der Waals surface area contributed by atoms with Crippen molar-refractivity contribution in [3.8, 4) is 16.9 Å². The Morgan fingerprint density at radius 2 is 1.37 bits per heavy atom. The Morgan fingerprint density at radius 1 is 0.815 bits per heavy atom. The van der Waals surface area contributed by atoms with Gasteiger partial charge in [-0.1, -0.05) is 42.0 Å². The number of nitrogens with one attached hydrogen (secondary N) is 1. The van der Waals surface area contributed by atoms with Gasteiger partial charge in [-0.2, -0.15) is 0 Å². The van der Waals surface area contributed by atoms with Crippen LogP contribution in [0.15, 0.2) is 72.8 Å². The van der Waals surface area contributed by atoms with Gasteiger partial charge in [0.15, 0.2) is 12.4 Å². The average Bonchev–Trinajstić information content (AvgIpc) is 2.68. The first-order valence-electron chi connectivity index (χ1n) is 8.72. The monoisotopic (exact) mass is 359 g/mol. The van der Waals surface area contributed by atoms with Crippen LogP contribution >= 0.6 is 0 Å². The molecule has 136 valence electrons. The minimum atomic E-state index is -0.256. The topological polar surface area (TPSA) is 55.4 Å². The maximum atomic E-state index is 12.0. The Labute approximate surface area is 158 Å². The van der Waals surface area contributed by atoms with E-state index in [1.807, 2.05) is 24.3 Å². The molecule has 1 amide bonds. The van der Waals surface area contributed by atoms with Crippen LogP contribution in [0.5, 0.6) is 5.75 Å². The third kappa shape index (κ3) is 5.05. The predicted molar refractivity (Wildman–Crippen MR) is 107 cm³/mol. The minimum Gasteiger partial charge on any atom is -0.484 e. The first kappa shape index (κ1) is 18.4. The number of ketones is 1. The van der Waals surface area contributed by atoms with Crippen molar-refractivity contribution in [2.75, 3.05) is 11.9 Å². The Balaban J connectivity index is 1.54. The summed E-state index contributed by atoms with van der Waals surface area (Å²) in [5.74, 6) is 0.367. The molecule has 0 spiro atoms. The number of aryl methyl sites for hydroxylation is 1. The average molecular weight is 359 g/mol. The number of carbonyl (C=O) groups is 2. The Kier molecular flexibility index (Phi) is 5.67. The molecule has 4 heteroatoms. The van der Waals surface area contributed by atoms with Gasteiger partial charge in [-0.3, -0.25) is 9.59 Å². The van der Waals surface area contributed by atoms with Gasteiger partial charge < -0.3 is 10.1 Å². The van der Waals surface area contributed by atoms with Crippen LogP contribution in [-0.4, -0.2) is 18.3 Å². The largest absolute Gasteiger partial charge is 0.484 e. The van der Waals surface area contributed by atoms with Crippen LogP contribution in [0, 0.1) is 6.92 Å². The molecule has 0 aliphatic heterocycles. The highest BCUT2D eigenvalue weighted by Gasteiger charge is 2.05. The summed E-state index contributed by atoms with van der Waals surface area (Å²) >= 11 is 0. The fourth-order valence-corrected chi connectivity index (χ4v) is 2.62. The molecule has 0 aliphatic rings. The molecule has 4 nitrogen and oxygen atoms in total. The zero-order valence-corrected chi connectivity index (χ0v) is 15.4. The summed E-state index contributed by atoms with van der Waals surface area (Å²) in [6.07, 6.45) is 0. The highest BCUT2D eigenvalue weighted by atomic mass is 16.5. The number of amides is 1. The molecule has 3 aromatic rings. The van der Waals surface area contributed by atoms with Gasteiger partial charge in [0.05, 0.1) is 0 Å². The van der Waals surface area contributed by atoms with Crippen molar-refractivity contribution in [1.29, 1.82) is 0 Å². The van der Waals surface area contributed by atoms with Crippen molar-refractivity contribution in [2.45, 2.75) is 13.8 Å². The second-order valence-electron chi connectivity index (χ2n) is 6.36. The standard InChI is InChI=1S/C23H21NO3/c1-16-3-5-19(6-4-16)20-9-13-22(14-10-20)27-15-23(26)24-21-11-7-18(8-12-21)17(2)25/h3-14H,15H2,1-2H3,(H,24,26). The number of carbonyl (C=O) groups excluding carboxylic acids is 2. The summed E-state index contributed by atoms with van der Waals surface area (Å²) in [6.45, 7) is 3.48. The van der Waals surface area contributed by atoms with Gasteiger partial charge in [0, 0.05) is 11.3 Å². The summed E-state index contributed by atoms with van der Waals surface area (Å²) < 4.78 is 5.55. The molecule has 0 atom stereocenters. The van der Waals surface area contributed by atoms with Gasteiger partial charge in [-0.05, 0) is 61.4 Å². The number of anilines is 1. The maximum Gasteiger partial charge on any atom is 0.262 e. The zero-order valence-electron chi connectivity index (χ0n) is 15.4. The molecule has 3 rings (SSSR count). The van der Waals surface area contributed by atoms with Crippen LogP contribution in [0.4, 0.5) is 5.69 Å². The van der Waals surface area contributed by atoms with Gasteiger partial charge in [0.1, 0.15) is 5.75 Å². The molecule has 0 aromatic heterocycles. The van der Waals surface area contributed by atoms with Gasteiger partial charge in [0.2, 0.25) is 0 Å². The lowest BCUT2D eigenvalue weighted by Crippen LogP contribution is -2.20. The number of hydrogen-bond donors (Lipinski definition) is 1. The predicted octanol–water partition coefficient (Wildman–Crippen LogP) is 4.88. The highest BCUT2D eigenvalue weighted by molar-refractivity contribution is 5.95. The zero-order chi connectivity index (χ0) is 19.2. The molecule has 0 saturated carbocycles. The molecule has 1 N–H and O–H groups in total. The third-order valence-electron chi connectivity index (χ3n) is 4.18. The van der Waals surface area contributed by atoms with Gasteiger partial charge in [-0.25, -0.2) is 0 Å². The lowest BCUT2D eigenvalue weighted by Gasteiger charge is -2.09. The van der Waals surface area contributed by atoms with E-state index in [-0.39, 0.29) is 18.3 Å². The highest BCUT2D eigenvalue weighted by Crippen LogP contribution is 2.22. The van der Waals surface area contributed by atoms with E-state index in [9.17, 15) is 9.59 Å². The van der Waals surface area contributed by atoms with Crippen molar-refractivity contribution < 1.29 is 14.3 Å². The van der Waals surface area contributed by atoms with Crippen LogP contribution in [0.3, 0.4) is 0 Å². The van der Waals surface area contributed by atoms with Crippen LogP contribution in [0.1, 0.15) is 22.8 Å². The fraction of sp³-hybridized carbons (Fsp3) is 0.130. The van der Waals surface area contributed by atoms with E-state index >= 15 is 0 Å². The molecule has 0 radical (unpaired) electrons. The van der Waals surface area contributed by atoms with Crippen molar-refractivity contribution >= 4 is 17.4 Å². The normalized spacial score (nSPS) is 10.3. The molecule has 0 bridgehead atoms. The summed E-state index contributed by atoms with van der Waals surface area (Å²) in [6, 6.07) is 22.7. The SMILES string of the molecule is CC(=O)c1ccc(NC(=O)COc2ccc(-c3ccc(C)cc3)cc2)cc1. The van der Waals surface area contributed by atoms with Crippen LogP contribution in [0.2, 0.25) is 0 Å². The fourth-order valence-electron chi connectivity index (χ4n) is 2.62.